The van der Waals surface area contributed by atoms with Crippen molar-refractivity contribution >= 4 is 10.1 Å². The minimum atomic E-state index is -4.03. The van der Waals surface area contributed by atoms with Crippen LogP contribution in [0.4, 0.5) is 0 Å². The Balaban J connectivity index is 2.80. The fraction of sp³-hybridized carbons (Fsp3) is 1.00. The molecule has 1 fully saturated rings. The number of hydrogen-bond donors (Lipinski definition) is 3. The number of nitrogens with zero attached hydrogens (tertiary/aromatic N) is 1. The van der Waals surface area contributed by atoms with Crippen LogP contribution in [0, 0.1) is 0 Å². The lowest BCUT2D eigenvalue weighted by Crippen LogP contribution is -2.58. The Bertz CT molecular complexity index is 305. The van der Waals surface area contributed by atoms with E-state index in [4.69, 9.17) is 5.11 Å². The number of nitrogens with one attached hydrogen (secondary N) is 1. The number of hydrogen-bond acceptors (Lipinski definition) is 5. The summed E-state index contributed by atoms with van der Waals surface area (Å²) in [5, 5.41) is 11.2. The molecule has 0 spiro atoms. The van der Waals surface area contributed by atoms with E-state index in [0.29, 0.717) is 26.1 Å². The SMILES string of the molecule is CCC(C1CNCCN1CCO)S(=O)(=O)O. The highest BCUT2D eigenvalue weighted by Crippen LogP contribution is 2.16. The second-order valence-corrected chi connectivity index (χ2v) is 5.63. The molecule has 0 bridgehead atoms. The first kappa shape index (κ1) is 13.9. The van der Waals surface area contributed by atoms with E-state index < -0.39 is 15.4 Å². The zero-order valence-electron chi connectivity index (χ0n) is 9.46. The average molecular weight is 252 g/mol. The van der Waals surface area contributed by atoms with E-state index in [1.807, 2.05) is 4.90 Å². The number of β-amino-alcohol motifs (C(OH)–C–C–N with tert-alkyl or cyclic N) is 1. The zero-order valence-corrected chi connectivity index (χ0v) is 10.3. The molecule has 1 heterocycles. The van der Waals surface area contributed by atoms with Crippen molar-refractivity contribution in [3.8, 4) is 0 Å². The van der Waals surface area contributed by atoms with Crippen molar-refractivity contribution in [2.45, 2.75) is 24.6 Å². The summed E-state index contributed by atoms with van der Waals surface area (Å²) in [6, 6.07) is -0.263. The molecular formula is C9H20N2O4S. The van der Waals surface area contributed by atoms with Crippen LogP contribution in [0.15, 0.2) is 0 Å². The second kappa shape index (κ2) is 5.92. The monoisotopic (exact) mass is 252 g/mol. The standard InChI is InChI=1S/C9H20N2O4S/c1-2-9(16(13,14)15)8-7-10-3-4-11(8)5-6-12/h8-10,12H,2-7H2,1H3,(H,13,14,15). The van der Waals surface area contributed by atoms with Gasteiger partial charge in [-0.3, -0.25) is 9.45 Å². The van der Waals surface area contributed by atoms with Crippen LogP contribution < -0.4 is 5.32 Å². The second-order valence-electron chi connectivity index (χ2n) is 3.99. The number of rotatable bonds is 5. The highest BCUT2D eigenvalue weighted by molar-refractivity contribution is 7.86. The highest BCUT2D eigenvalue weighted by Gasteiger charge is 2.35. The summed E-state index contributed by atoms with van der Waals surface area (Å²) < 4.78 is 31.7. The number of aliphatic hydroxyl groups excluding tert-OH is 1. The summed E-state index contributed by atoms with van der Waals surface area (Å²) >= 11 is 0. The molecule has 0 aromatic rings. The summed E-state index contributed by atoms with van der Waals surface area (Å²) in [4.78, 5) is 1.92. The van der Waals surface area contributed by atoms with Gasteiger partial charge in [0.05, 0.1) is 6.61 Å². The minimum Gasteiger partial charge on any atom is -0.395 e. The average Bonchev–Trinajstić information content (AvgIpc) is 2.20. The van der Waals surface area contributed by atoms with Crippen LogP contribution in [0.5, 0.6) is 0 Å². The first-order valence-electron chi connectivity index (χ1n) is 5.52. The Morgan fingerprint density at radius 2 is 2.25 bits per heavy atom. The van der Waals surface area contributed by atoms with Gasteiger partial charge in [-0.1, -0.05) is 6.92 Å². The van der Waals surface area contributed by atoms with E-state index in [-0.39, 0.29) is 12.6 Å². The molecule has 1 aliphatic heterocycles. The number of aliphatic hydroxyl groups is 1. The first-order chi connectivity index (χ1) is 7.50. The van der Waals surface area contributed by atoms with Crippen LogP contribution in [0.25, 0.3) is 0 Å². The summed E-state index contributed by atoms with van der Waals surface area (Å²) in [5.41, 5.74) is 0. The van der Waals surface area contributed by atoms with Gasteiger partial charge in [0.25, 0.3) is 10.1 Å². The Kier molecular flexibility index (Phi) is 5.13. The van der Waals surface area contributed by atoms with Crippen molar-refractivity contribution < 1.29 is 18.1 Å². The van der Waals surface area contributed by atoms with Gasteiger partial charge >= 0.3 is 0 Å². The van der Waals surface area contributed by atoms with Crippen molar-refractivity contribution in [1.82, 2.24) is 10.2 Å². The molecule has 0 aliphatic carbocycles. The molecule has 1 aliphatic rings. The summed E-state index contributed by atoms with van der Waals surface area (Å²) in [6.07, 6.45) is 0.368. The van der Waals surface area contributed by atoms with Gasteiger partial charge in [0.15, 0.2) is 0 Å². The molecule has 2 atom stereocenters. The Hall–Kier alpha value is -0.210. The Labute approximate surface area is 96.4 Å². The molecule has 0 aromatic heterocycles. The number of piperazine rings is 1. The molecule has 3 N–H and O–H groups in total. The Morgan fingerprint density at radius 1 is 1.56 bits per heavy atom. The van der Waals surface area contributed by atoms with Gasteiger partial charge in [-0.05, 0) is 6.42 Å². The van der Waals surface area contributed by atoms with Crippen LogP contribution in [-0.4, -0.2) is 67.1 Å². The predicted molar refractivity (Wildman–Crippen MR) is 60.9 cm³/mol. The molecule has 0 saturated carbocycles. The minimum absolute atomic E-state index is 0.00158. The highest BCUT2D eigenvalue weighted by atomic mass is 32.2. The topological polar surface area (TPSA) is 89.9 Å². The molecule has 1 saturated heterocycles. The maximum absolute atomic E-state index is 11.3. The third kappa shape index (κ3) is 3.39. The molecule has 1 rings (SSSR count). The van der Waals surface area contributed by atoms with Crippen molar-refractivity contribution in [1.29, 1.82) is 0 Å². The van der Waals surface area contributed by atoms with Crippen LogP contribution in [-0.2, 0) is 10.1 Å². The molecule has 0 amide bonds. The maximum Gasteiger partial charge on any atom is 0.269 e. The molecule has 0 aromatic carbocycles. The van der Waals surface area contributed by atoms with E-state index in [1.54, 1.807) is 6.92 Å². The molecule has 0 radical (unpaired) electrons. The molecule has 16 heavy (non-hydrogen) atoms. The van der Waals surface area contributed by atoms with Crippen molar-refractivity contribution in [3.63, 3.8) is 0 Å². The Morgan fingerprint density at radius 3 is 2.75 bits per heavy atom. The molecular weight excluding hydrogens is 232 g/mol. The van der Waals surface area contributed by atoms with Gasteiger partial charge in [-0.25, -0.2) is 0 Å². The lowest BCUT2D eigenvalue weighted by atomic mass is 10.1. The fourth-order valence-corrected chi connectivity index (χ4v) is 3.31. The van der Waals surface area contributed by atoms with Crippen molar-refractivity contribution in [2.75, 3.05) is 32.8 Å². The zero-order chi connectivity index (χ0) is 12.2. The van der Waals surface area contributed by atoms with E-state index >= 15 is 0 Å². The lowest BCUT2D eigenvalue weighted by molar-refractivity contribution is 0.120. The van der Waals surface area contributed by atoms with Gasteiger partial charge in [-0.15, -0.1) is 0 Å². The van der Waals surface area contributed by atoms with E-state index in [0.717, 1.165) is 6.54 Å². The maximum atomic E-state index is 11.3. The van der Waals surface area contributed by atoms with Crippen LogP contribution >= 0.6 is 0 Å². The van der Waals surface area contributed by atoms with Gasteiger partial charge in [0.2, 0.25) is 0 Å². The summed E-state index contributed by atoms with van der Waals surface area (Å²) in [7, 11) is -4.03. The predicted octanol–water partition coefficient (Wildman–Crippen LogP) is -1.08. The van der Waals surface area contributed by atoms with Gasteiger partial charge in [0.1, 0.15) is 5.25 Å². The van der Waals surface area contributed by atoms with Gasteiger partial charge in [-0.2, -0.15) is 8.42 Å². The first-order valence-corrected chi connectivity index (χ1v) is 7.03. The van der Waals surface area contributed by atoms with Crippen LogP contribution in [0.1, 0.15) is 13.3 Å². The van der Waals surface area contributed by atoms with E-state index in [1.165, 1.54) is 0 Å². The normalized spacial score (nSPS) is 25.6. The fourth-order valence-electron chi connectivity index (χ4n) is 2.22. The van der Waals surface area contributed by atoms with Gasteiger partial charge < -0.3 is 10.4 Å². The lowest BCUT2D eigenvalue weighted by Gasteiger charge is -2.38. The third-order valence-electron chi connectivity index (χ3n) is 3.00. The van der Waals surface area contributed by atoms with Crippen molar-refractivity contribution in [3.05, 3.63) is 0 Å². The van der Waals surface area contributed by atoms with Crippen LogP contribution in [0.3, 0.4) is 0 Å². The van der Waals surface area contributed by atoms with Crippen molar-refractivity contribution in [2.24, 2.45) is 0 Å². The summed E-state index contributed by atoms with van der Waals surface area (Å²) in [5.74, 6) is 0. The van der Waals surface area contributed by atoms with Crippen LogP contribution in [0.2, 0.25) is 0 Å². The van der Waals surface area contributed by atoms with E-state index in [2.05, 4.69) is 5.32 Å². The van der Waals surface area contributed by atoms with Gasteiger partial charge in [0, 0.05) is 32.2 Å². The molecule has 96 valence electrons. The van der Waals surface area contributed by atoms with E-state index in [9.17, 15) is 13.0 Å². The summed E-state index contributed by atoms with van der Waals surface area (Å²) in [6.45, 7) is 4.18. The smallest absolute Gasteiger partial charge is 0.269 e. The quantitative estimate of drug-likeness (QED) is 0.539. The molecule has 2 unspecified atom stereocenters. The molecule has 6 nitrogen and oxygen atoms in total. The molecule has 7 heteroatoms. The third-order valence-corrected chi connectivity index (χ3v) is 4.41. The largest absolute Gasteiger partial charge is 0.395 e.